The largest absolute Gasteiger partial charge is 0.508 e. The summed E-state index contributed by atoms with van der Waals surface area (Å²) in [7, 11) is 3.81. The molecule has 0 aliphatic heterocycles. The van der Waals surface area contributed by atoms with Crippen LogP contribution in [0.2, 0.25) is 0 Å². The zero-order valence-electron chi connectivity index (χ0n) is 11.1. The smallest absolute Gasteiger partial charge is 0.123 e. The van der Waals surface area contributed by atoms with Gasteiger partial charge in [-0.1, -0.05) is 6.07 Å². The molecule has 0 aliphatic carbocycles. The summed E-state index contributed by atoms with van der Waals surface area (Å²) in [4.78, 5) is 1.92. The van der Waals surface area contributed by atoms with Gasteiger partial charge in [-0.2, -0.15) is 0 Å². The molecule has 0 fully saturated rings. The third-order valence-corrected chi connectivity index (χ3v) is 2.55. The quantitative estimate of drug-likeness (QED) is 0.595. The van der Waals surface area contributed by atoms with Gasteiger partial charge in [0, 0.05) is 31.3 Å². The standard InChI is InChI=1S/C13H22N2O3/c1-13(18,9-15(2)3)8-14-7-10-4-5-11(16)6-12(10)17/h4-6,14,16-18H,7-9H2,1-3H3. The maximum atomic E-state index is 10.1. The van der Waals surface area contributed by atoms with Gasteiger partial charge in [-0.25, -0.2) is 0 Å². The summed E-state index contributed by atoms with van der Waals surface area (Å²) in [5, 5.41) is 31.9. The molecule has 5 nitrogen and oxygen atoms in total. The maximum absolute atomic E-state index is 10.1. The van der Waals surface area contributed by atoms with Crippen LogP contribution in [0.4, 0.5) is 0 Å². The average Bonchev–Trinajstić information content (AvgIpc) is 2.19. The number of hydrogen-bond donors (Lipinski definition) is 4. The lowest BCUT2D eigenvalue weighted by molar-refractivity contribution is 0.0335. The van der Waals surface area contributed by atoms with Crippen LogP contribution in [-0.4, -0.2) is 53.0 Å². The Morgan fingerprint density at radius 1 is 1.28 bits per heavy atom. The fourth-order valence-corrected chi connectivity index (χ4v) is 1.91. The minimum absolute atomic E-state index is 0.0378. The van der Waals surface area contributed by atoms with Gasteiger partial charge in [0.2, 0.25) is 0 Å². The van der Waals surface area contributed by atoms with Gasteiger partial charge in [0.25, 0.3) is 0 Å². The number of benzene rings is 1. The number of likely N-dealkylation sites (N-methyl/N-ethyl adjacent to an activating group) is 1. The summed E-state index contributed by atoms with van der Waals surface area (Å²) in [6, 6.07) is 4.47. The monoisotopic (exact) mass is 254 g/mol. The van der Waals surface area contributed by atoms with Crippen molar-refractivity contribution in [3.05, 3.63) is 23.8 Å². The number of phenolic OH excluding ortho intramolecular Hbond substituents is 2. The summed E-state index contributed by atoms with van der Waals surface area (Å²) >= 11 is 0. The number of aliphatic hydroxyl groups is 1. The van der Waals surface area contributed by atoms with E-state index in [4.69, 9.17) is 5.11 Å². The first-order valence-electron chi connectivity index (χ1n) is 5.89. The minimum Gasteiger partial charge on any atom is -0.508 e. The van der Waals surface area contributed by atoms with Crippen molar-refractivity contribution >= 4 is 0 Å². The summed E-state index contributed by atoms with van der Waals surface area (Å²) in [6.07, 6.45) is 0. The van der Waals surface area contributed by atoms with Crippen molar-refractivity contribution in [2.24, 2.45) is 0 Å². The van der Waals surface area contributed by atoms with Gasteiger partial charge in [-0.05, 0) is 27.1 Å². The van der Waals surface area contributed by atoms with Crippen LogP contribution in [0.3, 0.4) is 0 Å². The van der Waals surface area contributed by atoms with Crippen LogP contribution in [0.25, 0.3) is 0 Å². The number of nitrogens with one attached hydrogen (secondary N) is 1. The van der Waals surface area contributed by atoms with Gasteiger partial charge in [-0.3, -0.25) is 0 Å². The van der Waals surface area contributed by atoms with Crippen molar-refractivity contribution < 1.29 is 15.3 Å². The van der Waals surface area contributed by atoms with E-state index < -0.39 is 5.60 Å². The van der Waals surface area contributed by atoms with Crippen LogP contribution in [-0.2, 0) is 6.54 Å². The molecule has 0 aliphatic rings. The first kappa shape index (κ1) is 14.8. The van der Waals surface area contributed by atoms with Crippen molar-refractivity contribution in [1.29, 1.82) is 0 Å². The van der Waals surface area contributed by atoms with Crippen LogP contribution in [0, 0.1) is 0 Å². The highest BCUT2D eigenvalue weighted by Crippen LogP contribution is 2.22. The summed E-state index contributed by atoms with van der Waals surface area (Å²) in [6.45, 7) is 3.18. The van der Waals surface area contributed by atoms with Gasteiger partial charge in [0.05, 0.1) is 5.60 Å². The molecule has 5 heteroatoms. The lowest BCUT2D eigenvalue weighted by Crippen LogP contribution is -2.45. The van der Waals surface area contributed by atoms with Gasteiger partial charge < -0.3 is 25.5 Å². The molecule has 0 saturated heterocycles. The third-order valence-electron chi connectivity index (χ3n) is 2.55. The fraction of sp³-hybridized carbons (Fsp3) is 0.538. The predicted octanol–water partition coefficient (Wildman–Crippen LogP) is 0.500. The van der Waals surface area contributed by atoms with Crippen LogP contribution >= 0.6 is 0 Å². The molecule has 1 rings (SSSR count). The van der Waals surface area contributed by atoms with E-state index in [0.717, 1.165) is 0 Å². The molecule has 4 N–H and O–H groups in total. The van der Waals surface area contributed by atoms with E-state index in [0.29, 0.717) is 25.2 Å². The van der Waals surface area contributed by atoms with Gasteiger partial charge >= 0.3 is 0 Å². The summed E-state index contributed by atoms with van der Waals surface area (Å²) in [5.41, 5.74) is -0.135. The summed E-state index contributed by atoms with van der Waals surface area (Å²) < 4.78 is 0. The first-order valence-corrected chi connectivity index (χ1v) is 5.89. The highest BCUT2D eigenvalue weighted by atomic mass is 16.3. The third kappa shape index (κ3) is 4.91. The van der Waals surface area contributed by atoms with Gasteiger partial charge in [-0.15, -0.1) is 0 Å². The second-order valence-corrected chi connectivity index (χ2v) is 5.15. The molecule has 0 amide bonds. The molecule has 0 radical (unpaired) electrons. The van der Waals surface area contributed by atoms with Crippen molar-refractivity contribution in [3.63, 3.8) is 0 Å². The van der Waals surface area contributed by atoms with E-state index in [1.165, 1.54) is 12.1 Å². The normalized spacial score (nSPS) is 14.7. The molecular weight excluding hydrogens is 232 g/mol. The number of rotatable bonds is 6. The zero-order chi connectivity index (χ0) is 13.8. The van der Waals surface area contributed by atoms with Crippen LogP contribution in [0.5, 0.6) is 11.5 Å². The van der Waals surface area contributed by atoms with Crippen molar-refractivity contribution in [2.75, 3.05) is 27.2 Å². The molecule has 0 bridgehead atoms. The van der Waals surface area contributed by atoms with Crippen LogP contribution < -0.4 is 5.32 Å². The highest BCUT2D eigenvalue weighted by molar-refractivity contribution is 5.38. The van der Waals surface area contributed by atoms with Crippen LogP contribution in [0.15, 0.2) is 18.2 Å². The predicted molar refractivity (Wildman–Crippen MR) is 70.7 cm³/mol. The molecule has 1 aromatic rings. The molecule has 0 saturated carbocycles. The average molecular weight is 254 g/mol. The van der Waals surface area contributed by atoms with E-state index in [2.05, 4.69) is 5.32 Å². The van der Waals surface area contributed by atoms with Crippen LogP contribution in [0.1, 0.15) is 12.5 Å². The Hall–Kier alpha value is -1.30. The highest BCUT2D eigenvalue weighted by Gasteiger charge is 2.20. The van der Waals surface area contributed by atoms with Crippen molar-refractivity contribution in [1.82, 2.24) is 10.2 Å². The Morgan fingerprint density at radius 2 is 1.94 bits per heavy atom. The molecule has 0 spiro atoms. The fourth-order valence-electron chi connectivity index (χ4n) is 1.91. The van der Waals surface area contributed by atoms with E-state index in [-0.39, 0.29) is 11.5 Å². The Kier molecular flexibility index (Phi) is 4.95. The van der Waals surface area contributed by atoms with Crippen molar-refractivity contribution in [2.45, 2.75) is 19.1 Å². The van der Waals surface area contributed by atoms with E-state index in [1.54, 1.807) is 13.0 Å². The first-order chi connectivity index (χ1) is 8.30. The molecule has 0 heterocycles. The van der Waals surface area contributed by atoms with E-state index >= 15 is 0 Å². The second-order valence-electron chi connectivity index (χ2n) is 5.15. The lowest BCUT2D eigenvalue weighted by Gasteiger charge is -2.27. The van der Waals surface area contributed by atoms with Crippen molar-refractivity contribution in [3.8, 4) is 11.5 Å². The topological polar surface area (TPSA) is 76.0 Å². The molecule has 1 atom stereocenters. The SMILES string of the molecule is CN(C)CC(C)(O)CNCc1ccc(O)cc1O. The molecule has 18 heavy (non-hydrogen) atoms. The number of nitrogens with zero attached hydrogens (tertiary/aromatic N) is 1. The molecule has 0 aromatic heterocycles. The number of hydrogen-bond acceptors (Lipinski definition) is 5. The molecule has 1 aromatic carbocycles. The number of phenols is 2. The molecule has 1 unspecified atom stereocenters. The van der Waals surface area contributed by atoms with E-state index in [1.807, 2.05) is 19.0 Å². The van der Waals surface area contributed by atoms with Gasteiger partial charge in [0.1, 0.15) is 11.5 Å². The lowest BCUT2D eigenvalue weighted by atomic mass is 10.1. The van der Waals surface area contributed by atoms with E-state index in [9.17, 15) is 10.2 Å². The summed E-state index contributed by atoms with van der Waals surface area (Å²) in [5.74, 6) is 0.0885. The Balaban J connectivity index is 2.46. The minimum atomic E-state index is -0.823. The number of aromatic hydroxyl groups is 2. The zero-order valence-corrected chi connectivity index (χ0v) is 11.1. The Labute approximate surface area is 108 Å². The van der Waals surface area contributed by atoms with Gasteiger partial charge in [0.15, 0.2) is 0 Å². The Morgan fingerprint density at radius 3 is 2.50 bits per heavy atom. The molecular formula is C13H22N2O3. The second kappa shape index (κ2) is 6.04. The molecule has 102 valence electrons. The maximum Gasteiger partial charge on any atom is 0.123 e. The Bertz CT molecular complexity index is 392.